The molecule has 50 heavy (non-hydrogen) atoms. The number of benzene rings is 3. The van der Waals surface area contributed by atoms with Crippen LogP contribution in [-0.2, 0) is 19.2 Å². The van der Waals surface area contributed by atoms with Gasteiger partial charge in [-0.05, 0) is 62.4 Å². The second kappa shape index (κ2) is 11.2. The van der Waals surface area contributed by atoms with Crippen LogP contribution >= 0.6 is 23.2 Å². The number of aryl methyl sites for hydroxylation is 1. The number of aromatic hydroxyl groups is 1. The smallest absolute Gasteiger partial charge is 0.258 e. The number of hydrogen-bond acceptors (Lipinski definition) is 6. The minimum absolute atomic E-state index is 0.0715. The molecule has 4 amide bonds. The van der Waals surface area contributed by atoms with Gasteiger partial charge in [0.2, 0.25) is 17.6 Å². The summed E-state index contributed by atoms with van der Waals surface area (Å²) in [5, 5.41) is 11.3. The number of Topliss-reactive ketones (excluding diaryl/α,β-unsaturated/α-hetero) is 1. The number of nitrogens with zero attached hydrogens (tertiary/aromatic N) is 2. The Morgan fingerprint density at radius 3 is 2.02 bits per heavy atom. The molecule has 1 N–H and O–H groups in total. The van der Waals surface area contributed by atoms with Crippen molar-refractivity contribution >= 4 is 64.0 Å². The first-order valence-corrected chi connectivity index (χ1v) is 16.0. The molecule has 4 aliphatic rings. The van der Waals surface area contributed by atoms with E-state index in [-0.39, 0.29) is 39.5 Å². The molecule has 0 unspecified atom stereocenters. The summed E-state index contributed by atoms with van der Waals surface area (Å²) in [5.41, 5.74) is -1.00. The van der Waals surface area contributed by atoms with Gasteiger partial charge in [0, 0.05) is 17.0 Å². The fourth-order valence-corrected chi connectivity index (χ4v) is 8.85. The number of carbonyl (C=O) groups excluding carboxylic acids is 5. The van der Waals surface area contributed by atoms with Gasteiger partial charge in [0.15, 0.2) is 38.8 Å². The fraction of sp³-hybridized carbons (Fsp3) is 0.286. The van der Waals surface area contributed by atoms with Crippen molar-refractivity contribution in [3.8, 4) is 5.75 Å². The molecule has 1 saturated carbocycles. The molecule has 2 heterocycles. The first-order chi connectivity index (χ1) is 23.5. The molecule has 0 bridgehead atoms. The number of fused-ring (bicyclic) bond motifs is 4. The molecule has 8 nitrogen and oxygen atoms in total. The van der Waals surface area contributed by atoms with Crippen molar-refractivity contribution in [2.45, 2.75) is 42.4 Å². The first-order valence-electron chi connectivity index (χ1n) is 15.2. The number of hydrogen-bond donors (Lipinski definition) is 1. The molecule has 15 heteroatoms. The second-order valence-corrected chi connectivity index (χ2v) is 14.1. The van der Waals surface area contributed by atoms with Crippen molar-refractivity contribution < 1.29 is 51.0 Å². The standard InChI is InChI=1S/C35H23Cl2F5N2O6/c1-13-4-3-5-19(29(13)46)22-17-10-11-18-21(31(48)43(30(18)47)16-8-6-15(7-9-16)14(2)45)20(17)12-34(36)32(49)44(33(50)35(22,34)37)28-26(41)24(39)23(38)25(40)27(28)42/h3-10,18,20-22,46H,11-12H2,1-2H3/t18-,20+,21-,22+,34+,35-/m0/s1. The molecule has 258 valence electrons. The highest BCUT2D eigenvalue weighted by Gasteiger charge is 2.77. The Morgan fingerprint density at radius 1 is 0.820 bits per heavy atom. The molecule has 0 spiro atoms. The van der Waals surface area contributed by atoms with Crippen LogP contribution < -0.4 is 9.80 Å². The highest BCUT2D eigenvalue weighted by atomic mass is 35.5. The number of para-hydroxylation sites is 1. The number of amides is 4. The lowest BCUT2D eigenvalue weighted by Crippen LogP contribution is -2.60. The summed E-state index contributed by atoms with van der Waals surface area (Å²) in [7, 11) is 0. The number of rotatable bonds is 4. The maximum absolute atomic E-state index is 15.2. The lowest BCUT2D eigenvalue weighted by Gasteiger charge is -2.50. The monoisotopic (exact) mass is 732 g/mol. The van der Waals surface area contributed by atoms with Gasteiger partial charge in [-0.3, -0.25) is 28.9 Å². The van der Waals surface area contributed by atoms with Gasteiger partial charge in [0.05, 0.1) is 17.5 Å². The van der Waals surface area contributed by atoms with Gasteiger partial charge >= 0.3 is 0 Å². The number of ketones is 1. The maximum atomic E-state index is 15.2. The molecule has 2 saturated heterocycles. The third-order valence-electron chi connectivity index (χ3n) is 10.3. The minimum atomic E-state index is -2.75. The van der Waals surface area contributed by atoms with Crippen molar-refractivity contribution in [2.75, 3.05) is 9.80 Å². The number of allylic oxidation sites excluding steroid dienone is 2. The average molecular weight is 733 g/mol. The normalized spacial score (nSPS) is 28.9. The SMILES string of the molecule is CC(=O)c1ccc(N2C(=O)[C@H]3[C@H](CC=C4[C@H]3C[C@@]3(Cl)C(=O)N(c5c(F)c(F)c(F)c(F)c5F)C(=O)[C@@]3(Cl)[C@H]4c3cccc(C)c3O)C2=O)cc1. The minimum Gasteiger partial charge on any atom is -0.507 e. The lowest BCUT2D eigenvalue weighted by molar-refractivity contribution is -0.125. The number of imide groups is 2. The van der Waals surface area contributed by atoms with Gasteiger partial charge in [-0.15, -0.1) is 23.2 Å². The molecule has 0 radical (unpaired) electrons. The zero-order valence-electron chi connectivity index (χ0n) is 25.9. The molecule has 2 aliphatic heterocycles. The van der Waals surface area contributed by atoms with Gasteiger partial charge in [-0.25, -0.2) is 26.9 Å². The molecule has 2 aliphatic carbocycles. The summed E-state index contributed by atoms with van der Waals surface area (Å²) >= 11 is 14.2. The van der Waals surface area contributed by atoms with Crippen LogP contribution in [0.1, 0.15) is 47.2 Å². The predicted octanol–water partition coefficient (Wildman–Crippen LogP) is 6.37. The fourth-order valence-electron chi connectivity index (χ4n) is 7.93. The number of alkyl halides is 2. The zero-order chi connectivity index (χ0) is 36.4. The van der Waals surface area contributed by atoms with Gasteiger partial charge < -0.3 is 5.11 Å². The molecular formula is C35H23Cl2F5N2O6. The largest absolute Gasteiger partial charge is 0.507 e. The summed E-state index contributed by atoms with van der Waals surface area (Å²) in [6.07, 6.45) is 0.782. The summed E-state index contributed by atoms with van der Waals surface area (Å²) in [4.78, 5) is 63.6. The van der Waals surface area contributed by atoms with E-state index >= 15 is 8.78 Å². The van der Waals surface area contributed by atoms with Gasteiger partial charge in [0.1, 0.15) is 11.4 Å². The summed E-state index contributed by atoms with van der Waals surface area (Å²) in [6.45, 7) is 2.85. The highest BCUT2D eigenvalue weighted by molar-refractivity contribution is 6.58. The Kier molecular flexibility index (Phi) is 7.58. The molecule has 7 rings (SSSR count). The highest BCUT2D eigenvalue weighted by Crippen LogP contribution is 2.67. The average Bonchev–Trinajstić information content (AvgIpc) is 3.42. The number of halogens is 7. The van der Waals surface area contributed by atoms with E-state index in [1.807, 2.05) is 0 Å². The molecule has 0 aromatic heterocycles. The van der Waals surface area contributed by atoms with Gasteiger partial charge in [0.25, 0.3) is 11.8 Å². The Hall–Kier alpha value is -4.62. The van der Waals surface area contributed by atoms with E-state index in [0.29, 0.717) is 5.56 Å². The summed E-state index contributed by atoms with van der Waals surface area (Å²) in [6, 6.07) is 10.1. The van der Waals surface area contributed by atoms with Crippen LogP contribution in [0.5, 0.6) is 5.75 Å². The molecule has 3 aromatic rings. The topological polar surface area (TPSA) is 112 Å². The third-order valence-corrected chi connectivity index (χ3v) is 11.7. The zero-order valence-corrected chi connectivity index (χ0v) is 27.4. The Balaban J connectivity index is 1.42. The van der Waals surface area contributed by atoms with E-state index < -0.39 is 104 Å². The van der Waals surface area contributed by atoms with Crippen molar-refractivity contribution in [3.05, 3.63) is 99.9 Å². The van der Waals surface area contributed by atoms with Gasteiger partial charge in [-0.2, -0.15) is 0 Å². The van der Waals surface area contributed by atoms with Crippen molar-refractivity contribution in [1.82, 2.24) is 0 Å². The van der Waals surface area contributed by atoms with Gasteiger partial charge in [-0.1, -0.05) is 29.8 Å². The third kappa shape index (κ3) is 4.19. The van der Waals surface area contributed by atoms with Crippen LogP contribution in [0.3, 0.4) is 0 Å². The number of phenols is 1. The molecule has 6 atom stereocenters. The Bertz CT molecular complexity index is 2110. The van der Waals surface area contributed by atoms with E-state index in [1.165, 1.54) is 62.4 Å². The van der Waals surface area contributed by atoms with Crippen LogP contribution in [0.15, 0.2) is 54.1 Å². The van der Waals surface area contributed by atoms with Crippen LogP contribution in [0.2, 0.25) is 0 Å². The summed E-state index contributed by atoms with van der Waals surface area (Å²) < 4.78 is 73.2. The van der Waals surface area contributed by atoms with Crippen LogP contribution in [-0.4, -0.2) is 44.3 Å². The van der Waals surface area contributed by atoms with E-state index in [2.05, 4.69) is 0 Å². The number of anilines is 2. The lowest BCUT2D eigenvalue weighted by atomic mass is 9.56. The molecular weight excluding hydrogens is 710 g/mol. The van der Waals surface area contributed by atoms with Crippen molar-refractivity contribution in [1.29, 1.82) is 0 Å². The number of carbonyl (C=O) groups is 5. The molecule has 3 aromatic carbocycles. The van der Waals surface area contributed by atoms with Crippen LogP contribution in [0, 0.1) is 53.8 Å². The van der Waals surface area contributed by atoms with E-state index in [0.717, 1.165) is 4.90 Å². The van der Waals surface area contributed by atoms with E-state index in [9.17, 15) is 42.3 Å². The van der Waals surface area contributed by atoms with Crippen LogP contribution in [0.4, 0.5) is 33.3 Å². The Morgan fingerprint density at radius 2 is 1.42 bits per heavy atom. The quantitative estimate of drug-likeness (QED) is 0.0635. The predicted molar refractivity (Wildman–Crippen MR) is 168 cm³/mol. The van der Waals surface area contributed by atoms with E-state index in [4.69, 9.17) is 23.2 Å². The van der Waals surface area contributed by atoms with Crippen LogP contribution in [0.25, 0.3) is 0 Å². The molecule has 3 fully saturated rings. The number of phenolic OH excluding ortho intramolecular Hbond substituents is 1. The van der Waals surface area contributed by atoms with Crippen molar-refractivity contribution in [3.63, 3.8) is 0 Å². The van der Waals surface area contributed by atoms with Crippen molar-refractivity contribution in [2.24, 2.45) is 17.8 Å². The van der Waals surface area contributed by atoms with E-state index in [1.54, 1.807) is 0 Å². The first kappa shape index (κ1) is 33.9. The second-order valence-electron chi connectivity index (χ2n) is 12.8. The Labute approximate surface area is 290 Å². The summed E-state index contributed by atoms with van der Waals surface area (Å²) in [5.74, 6) is -22.6. The maximum Gasteiger partial charge on any atom is 0.258 e.